The number of nitrogens with zero attached hydrogens (tertiary/aromatic N) is 1. The van der Waals surface area contributed by atoms with Gasteiger partial charge >= 0.3 is 6.18 Å². The largest absolute Gasteiger partial charge is 0.411 e. The smallest absolute Gasteiger partial charge is 0.370 e. The molecule has 3 nitrogen and oxygen atoms in total. The number of para-hydroxylation sites is 1. The molecule has 0 aromatic heterocycles. The average molecular weight is 302 g/mol. The Bertz CT molecular complexity index is 474. The van der Waals surface area contributed by atoms with Gasteiger partial charge in [-0.05, 0) is 25.5 Å². The van der Waals surface area contributed by atoms with Crippen molar-refractivity contribution >= 4 is 5.69 Å². The van der Waals surface area contributed by atoms with Gasteiger partial charge in [0, 0.05) is 30.9 Å². The van der Waals surface area contributed by atoms with Crippen LogP contribution in [0.3, 0.4) is 0 Å². The van der Waals surface area contributed by atoms with Gasteiger partial charge in [0.1, 0.15) is 6.61 Å². The van der Waals surface area contributed by atoms with Crippen molar-refractivity contribution in [2.24, 2.45) is 0 Å². The predicted octanol–water partition coefficient (Wildman–Crippen LogP) is 2.95. The molecule has 0 fully saturated rings. The summed E-state index contributed by atoms with van der Waals surface area (Å²) in [6.07, 6.45) is -4.27. The fraction of sp³-hybridized carbons (Fsp3) is 0.600. The van der Waals surface area contributed by atoms with Crippen molar-refractivity contribution < 1.29 is 17.9 Å². The van der Waals surface area contributed by atoms with Crippen molar-refractivity contribution in [1.29, 1.82) is 0 Å². The topological polar surface area (TPSA) is 24.5 Å². The van der Waals surface area contributed by atoms with Gasteiger partial charge in [0.05, 0.1) is 6.61 Å². The Morgan fingerprint density at radius 2 is 2.00 bits per heavy atom. The monoisotopic (exact) mass is 302 g/mol. The van der Waals surface area contributed by atoms with Crippen molar-refractivity contribution in [3.8, 4) is 0 Å². The minimum Gasteiger partial charge on any atom is -0.370 e. The molecule has 1 N–H and O–H groups in total. The minimum absolute atomic E-state index is 0.0594. The number of alkyl halides is 3. The molecule has 0 saturated carbocycles. The summed E-state index contributed by atoms with van der Waals surface area (Å²) in [5, 5.41) is 3.46. The van der Waals surface area contributed by atoms with E-state index < -0.39 is 12.8 Å². The molecule has 6 heteroatoms. The van der Waals surface area contributed by atoms with Gasteiger partial charge < -0.3 is 15.0 Å². The lowest BCUT2D eigenvalue weighted by molar-refractivity contribution is -0.173. The molecule has 0 saturated heterocycles. The summed E-state index contributed by atoms with van der Waals surface area (Å²) in [6.45, 7) is 4.96. The third kappa shape index (κ3) is 4.89. The summed E-state index contributed by atoms with van der Waals surface area (Å²) >= 11 is 0. The molecule has 0 amide bonds. The molecule has 1 aromatic carbocycles. The number of hydrogen-bond acceptors (Lipinski definition) is 3. The molecule has 0 unspecified atom stereocenters. The predicted molar refractivity (Wildman–Crippen MR) is 76.4 cm³/mol. The second-order valence-corrected chi connectivity index (χ2v) is 5.96. The van der Waals surface area contributed by atoms with Crippen molar-refractivity contribution in [3.05, 3.63) is 29.8 Å². The fourth-order valence-corrected chi connectivity index (χ4v) is 2.48. The van der Waals surface area contributed by atoms with Gasteiger partial charge in [-0.2, -0.15) is 13.2 Å². The van der Waals surface area contributed by atoms with E-state index in [1.54, 1.807) is 0 Å². The molecular formula is C15H21F3N2O. The van der Waals surface area contributed by atoms with Crippen LogP contribution in [-0.2, 0) is 11.3 Å². The molecule has 1 aliphatic heterocycles. The standard InChI is InChI=1S/C15H21F3N2O/c1-14(2)10-20(7-8-21-11-15(16,17)18)13-6-4-3-5-12(13)9-19-14/h3-6,19H,7-11H2,1-2H3. The average Bonchev–Trinajstić information content (AvgIpc) is 2.51. The van der Waals surface area contributed by atoms with Crippen LogP contribution in [-0.4, -0.2) is 38.0 Å². The van der Waals surface area contributed by atoms with Crippen LogP contribution >= 0.6 is 0 Å². The van der Waals surface area contributed by atoms with Crippen LogP contribution in [0.4, 0.5) is 18.9 Å². The Kier molecular flexibility index (Phi) is 4.78. The normalized spacial score (nSPS) is 18.2. The second-order valence-electron chi connectivity index (χ2n) is 5.96. The highest BCUT2D eigenvalue weighted by Gasteiger charge is 2.29. The molecule has 0 aliphatic carbocycles. The molecule has 0 spiro atoms. The van der Waals surface area contributed by atoms with E-state index >= 15 is 0 Å². The van der Waals surface area contributed by atoms with Gasteiger partial charge in [0.15, 0.2) is 0 Å². The first-order valence-corrected chi connectivity index (χ1v) is 6.99. The van der Waals surface area contributed by atoms with Gasteiger partial charge in [-0.25, -0.2) is 0 Å². The lowest BCUT2D eigenvalue weighted by atomic mass is 10.1. The summed E-state index contributed by atoms with van der Waals surface area (Å²) in [7, 11) is 0. The van der Waals surface area contributed by atoms with E-state index in [4.69, 9.17) is 4.74 Å². The van der Waals surface area contributed by atoms with E-state index in [1.165, 1.54) is 0 Å². The molecule has 2 rings (SSSR count). The molecule has 1 aromatic rings. The van der Waals surface area contributed by atoms with E-state index in [-0.39, 0.29) is 12.1 Å². The number of anilines is 1. The van der Waals surface area contributed by atoms with Gasteiger partial charge in [0.2, 0.25) is 0 Å². The van der Waals surface area contributed by atoms with Crippen molar-refractivity contribution in [3.63, 3.8) is 0 Å². The van der Waals surface area contributed by atoms with Crippen LogP contribution < -0.4 is 10.2 Å². The summed E-state index contributed by atoms with van der Waals surface area (Å²) < 4.78 is 41.0. The van der Waals surface area contributed by atoms with Crippen LogP contribution in [0.1, 0.15) is 19.4 Å². The Balaban J connectivity index is 2.02. The number of benzene rings is 1. The number of ether oxygens (including phenoxy) is 1. The third-order valence-corrected chi connectivity index (χ3v) is 3.45. The first kappa shape index (κ1) is 16.1. The van der Waals surface area contributed by atoms with Crippen LogP contribution in [0, 0.1) is 0 Å². The maximum atomic E-state index is 12.1. The zero-order valence-corrected chi connectivity index (χ0v) is 12.3. The van der Waals surface area contributed by atoms with Gasteiger partial charge in [-0.3, -0.25) is 0 Å². The van der Waals surface area contributed by atoms with Crippen LogP contribution in [0.25, 0.3) is 0 Å². The summed E-state index contributed by atoms with van der Waals surface area (Å²) in [4.78, 5) is 2.09. The van der Waals surface area contributed by atoms with Gasteiger partial charge in [-0.15, -0.1) is 0 Å². The van der Waals surface area contributed by atoms with Gasteiger partial charge in [0.25, 0.3) is 0 Å². The van der Waals surface area contributed by atoms with E-state index in [0.717, 1.165) is 24.3 Å². The SMILES string of the molecule is CC1(C)CN(CCOCC(F)(F)F)c2ccccc2CN1. The van der Waals surface area contributed by atoms with E-state index in [1.807, 2.05) is 24.3 Å². The third-order valence-electron chi connectivity index (χ3n) is 3.45. The maximum Gasteiger partial charge on any atom is 0.411 e. The van der Waals surface area contributed by atoms with E-state index in [0.29, 0.717) is 6.54 Å². The summed E-state index contributed by atoms with van der Waals surface area (Å²) in [6, 6.07) is 7.95. The van der Waals surface area contributed by atoms with Crippen molar-refractivity contribution in [1.82, 2.24) is 5.32 Å². The Morgan fingerprint density at radius 1 is 1.29 bits per heavy atom. The molecule has 0 radical (unpaired) electrons. The zero-order valence-electron chi connectivity index (χ0n) is 12.3. The lowest BCUT2D eigenvalue weighted by Gasteiger charge is -2.32. The van der Waals surface area contributed by atoms with Crippen LogP contribution in [0.5, 0.6) is 0 Å². The van der Waals surface area contributed by atoms with Crippen molar-refractivity contribution in [2.75, 3.05) is 31.2 Å². The second kappa shape index (κ2) is 6.23. The number of nitrogens with one attached hydrogen (secondary N) is 1. The highest BCUT2D eigenvalue weighted by atomic mass is 19.4. The van der Waals surface area contributed by atoms with Gasteiger partial charge in [-0.1, -0.05) is 18.2 Å². The highest BCUT2D eigenvalue weighted by Crippen LogP contribution is 2.26. The number of fused-ring (bicyclic) bond motifs is 1. The molecule has 1 heterocycles. The molecule has 1 aliphatic rings. The molecule has 0 atom stereocenters. The fourth-order valence-electron chi connectivity index (χ4n) is 2.48. The number of halogens is 3. The molecule has 21 heavy (non-hydrogen) atoms. The molecule has 0 bridgehead atoms. The first-order valence-electron chi connectivity index (χ1n) is 6.99. The van der Waals surface area contributed by atoms with E-state index in [2.05, 4.69) is 24.1 Å². The summed E-state index contributed by atoms with van der Waals surface area (Å²) in [5.74, 6) is 0. The number of hydrogen-bond donors (Lipinski definition) is 1. The Labute approximate surface area is 123 Å². The first-order chi connectivity index (χ1) is 9.77. The zero-order chi connectivity index (χ0) is 15.5. The molecular weight excluding hydrogens is 281 g/mol. The Hall–Kier alpha value is -1.27. The quantitative estimate of drug-likeness (QED) is 0.866. The minimum atomic E-state index is -4.27. The Morgan fingerprint density at radius 3 is 2.71 bits per heavy atom. The molecule has 118 valence electrons. The van der Waals surface area contributed by atoms with Crippen LogP contribution in [0.15, 0.2) is 24.3 Å². The van der Waals surface area contributed by atoms with Crippen molar-refractivity contribution in [2.45, 2.75) is 32.1 Å². The summed E-state index contributed by atoms with van der Waals surface area (Å²) in [5.41, 5.74) is 2.10. The van der Waals surface area contributed by atoms with E-state index in [9.17, 15) is 13.2 Å². The number of rotatable bonds is 4. The van der Waals surface area contributed by atoms with Crippen LogP contribution in [0.2, 0.25) is 0 Å². The highest BCUT2D eigenvalue weighted by molar-refractivity contribution is 5.55. The maximum absolute atomic E-state index is 12.1. The lowest BCUT2D eigenvalue weighted by Crippen LogP contribution is -2.47.